The number of nitrogens with zero attached hydrogens (tertiary/aromatic N) is 1. The third kappa shape index (κ3) is 2.68. The lowest BCUT2D eigenvalue weighted by Crippen LogP contribution is -2.56. The highest BCUT2D eigenvalue weighted by molar-refractivity contribution is 5.15. The molecule has 2 unspecified atom stereocenters. The lowest BCUT2D eigenvalue weighted by molar-refractivity contribution is -0.249. The largest absolute Gasteiger partial charge is 0.375 e. The summed E-state index contributed by atoms with van der Waals surface area (Å²) in [4.78, 5) is 26.2. The molecule has 8 nitrogen and oxygen atoms in total. The summed E-state index contributed by atoms with van der Waals surface area (Å²) in [5, 5.41) is 0. The summed E-state index contributed by atoms with van der Waals surface area (Å²) in [7, 11) is 1.60. The fraction of sp³-hybridized carbons (Fsp3) is 0.765. The fourth-order valence-corrected chi connectivity index (χ4v) is 4.04. The number of aromatic nitrogens is 2. The molecule has 0 aromatic carbocycles. The molecule has 25 heavy (non-hydrogen) atoms. The van der Waals surface area contributed by atoms with Crippen molar-refractivity contribution < 1.29 is 18.9 Å². The van der Waals surface area contributed by atoms with Gasteiger partial charge >= 0.3 is 5.69 Å². The van der Waals surface area contributed by atoms with Gasteiger partial charge in [-0.1, -0.05) is 0 Å². The lowest BCUT2D eigenvalue weighted by atomic mass is 9.87. The molecule has 8 heteroatoms. The van der Waals surface area contributed by atoms with E-state index in [-0.39, 0.29) is 24.4 Å². The van der Waals surface area contributed by atoms with Crippen LogP contribution >= 0.6 is 0 Å². The molecule has 2 saturated heterocycles. The molecule has 1 N–H and O–H groups in total. The molecular formula is C17H26N2O6. The van der Waals surface area contributed by atoms with Crippen LogP contribution in [0.4, 0.5) is 0 Å². The summed E-state index contributed by atoms with van der Waals surface area (Å²) in [6, 6.07) is 0. The van der Waals surface area contributed by atoms with Gasteiger partial charge in [0, 0.05) is 18.9 Å². The maximum absolute atomic E-state index is 12.3. The molecule has 140 valence electrons. The second-order valence-electron chi connectivity index (χ2n) is 7.07. The van der Waals surface area contributed by atoms with E-state index in [9.17, 15) is 9.59 Å². The van der Waals surface area contributed by atoms with Gasteiger partial charge in [-0.15, -0.1) is 0 Å². The van der Waals surface area contributed by atoms with Crippen LogP contribution in [-0.4, -0.2) is 52.8 Å². The standard InChI is InChI=1S/C17H26N2O6/c1-8(2)23-10(4)17-11(5)24-12(13(17)22-6)15(25-17)19-7-9(3)14(20)18-16(19)21/h7-8,10-13,15H,1-6H3,(H,18,20,21)/t10-,11-,12+,13-,15?,17?/m0/s1. The number of fused-ring (bicyclic) bond motifs is 2. The number of hydrogen-bond acceptors (Lipinski definition) is 6. The number of methoxy groups -OCH3 is 1. The maximum Gasteiger partial charge on any atom is 0.330 e. The van der Waals surface area contributed by atoms with Gasteiger partial charge in [-0.05, 0) is 34.6 Å². The van der Waals surface area contributed by atoms with Crippen LogP contribution in [0.25, 0.3) is 0 Å². The van der Waals surface area contributed by atoms with Crippen LogP contribution in [0.1, 0.15) is 39.5 Å². The number of aryl methyl sites for hydroxylation is 1. The van der Waals surface area contributed by atoms with Gasteiger partial charge in [-0.25, -0.2) is 4.79 Å². The molecule has 6 atom stereocenters. The van der Waals surface area contributed by atoms with E-state index in [2.05, 4.69) is 4.98 Å². The summed E-state index contributed by atoms with van der Waals surface area (Å²) in [6.07, 6.45) is -0.610. The van der Waals surface area contributed by atoms with Crippen molar-refractivity contribution in [2.24, 2.45) is 0 Å². The second-order valence-corrected chi connectivity index (χ2v) is 7.07. The zero-order valence-corrected chi connectivity index (χ0v) is 15.4. The van der Waals surface area contributed by atoms with Gasteiger partial charge in [0.15, 0.2) is 11.8 Å². The van der Waals surface area contributed by atoms with Crippen molar-refractivity contribution in [1.82, 2.24) is 9.55 Å². The first-order chi connectivity index (χ1) is 11.7. The smallest absolute Gasteiger partial charge is 0.330 e. The number of ether oxygens (including phenoxy) is 4. The molecule has 2 aliphatic rings. The molecule has 2 aliphatic heterocycles. The molecular weight excluding hydrogens is 328 g/mol. The molecule has 2 bridgehead atoms. The third-order valence-electron chi connectivity index (χ3n) is 5.13. The van der Waals surface area contributed by atoms with Crippen LogP contribution < -0.4 is 11.2 Å². The molecule has 0 amide bonds. The first kappa shape index (κ1) is 18.3. The Bertz CT molecular complexity index is 756. The van der Waals surface area contributed by atoms with E-state index in [1.165, 1.54) is 10.8 Å². The van der Waals surface area contributed by atoms with E-state index in [0.29, 0.717) is 5.56 Å². The molecule has 3 heterocycles. The Kier molecular flexibility index (Phi) is 4.65. The minimum atomic E-state index is -0.835. The highest BCUT2D eigenvalue weighted by Crippen LogP contribution is 2.52. The summed E-state index contributed by atoms with van der Waals surface area (Å²) in [5.74, 6) is 0. The van der Waals surface area contributed by atoms with Crippen molar-refractivity contribution in [3.8, 4) is 0 Å². The summed E-state index contributed by atoms with van der Waals surface area (Å²) < 4.78 is 25.5. The topological polar surface area (TPSA) is 91.8 Å². The van der Waals surface area contributed by atoms with Crippen molar-refractivity contribution in [2.45, 2.75) is 77.0 Å². The first-order valence-corrected chi connectivity index (χ1v) is 8.56. The van der Waals surface area contributed by atoms with Crippen LogP contribution in [0.2, 0.25) is 0 Å². The number of hydrogen-bond donors (Lipinski definition) is 1. The predicted octanol–water partition coefficient (Wildman–Crippen LogP) is 0.728. The number of aromatic amines is 1. The average molecular weight is 354 g/mol. The van der Waals surface area contributed by atoms with Crippen LogP contribution in [-0.2, 0) is 18.9 Å². The van der Waals surface area contributed by atoms with E-state index < -0.39 is 29.2 Å². The van der Waals surface area contributed by atoms with E-state index in [0.717, 1.165) is 0 Å². The lowest BCUT2D eigenvalue weighted by Gasteiger charge is -2.41. The van der Waals surface area contributed by atoms with E-state index in [1.807, 2.05) is 27.7 Å². The fourth-order valence-electron chi connectivity index (χ4n) is 4.04. The second kappa shape index (κ2) is 6.35. The SMILES string of the molecule is CO[C@H]1[C@H]2O[C@@H](C)C1([C@H](C)OC(C)C)OC2n1cc(C)c(=O)[nH]c1=O. The Morgan fingerprint density at radius 1 is 1.32 bits per heavy atom. The van der Waals surface area contributed by atoms with Crippen LogP contribution in [0, 0.1) is 6.92 Å². The molecule has 0 radical (unpaired) electrons. The first-order valence-electron chi connectivity index (χ1n) is 8.56. The minimum absolute atomic E-state index is 0.00817. The highest BCUT2D eigenvalue weighted by Gasteiger charge is 2.69. The van der Waals surface area contributed by atoms with Crippen LogP contribution in [0.3, 0.4) is 0 Å². The van der Waals surface area contributed by atoms with Crippen molar-refractivity contribution in [1.29, 1.82) is 0 Å². The number of nitrogens with one attached hydrogen (secondary N) is 1. The van der Waals surface area contributed by atoms with Gasteiger partial charge < -0.3 is 18.9 Å². The van der Waals surface area contributed by atoms with Crippen molar-refractivity contribution in [3.05, 3.63) is 32.6 Å². The van der Waals surface area contributed by atoms with E-state index >= 15 is 0 Å². The van der Waals surface area contributed by atoms with Crippen LogP contribution in [0.5, 0.6) is 0 Å². The Labute approximate surface area is 146 Å². The zero-order valence-electron chi connectivity index (χ0n) is 15.4. The summed E-state index contributed by atoms with van der Waals surface area (Å²) in [5.41, 5.74) is -1.36. The van der Waals surface area contributed by atoms with Gasteiger partial charge in [-0.3, -0.25) is 14.3 Å². The van der Waals surface area contributed by atoms with Gasteiger partial charge in [0.25, 0.3) is 5.56 Å². The molecule has 1 aromatic rings. The normalized spacial score (nSPS) is 35.5. The monoisotopic (exact) mass is 354 g/mol. The van der Waals surface area contributed by atoms with Crippen LogP contribution in [0.15, 0.2) is 15.8 Å². The summed E-state index contributed by atoms with van der Waals surface area (Å²) in [6.45, 7) is 9.39. The Balaban J connectivity index is 2.03. The zero-order chi connectivity index (χ0) is 18.5. The minimum Gasteiger partial charge on any atom is -0.375 e. The molecule has 0 saturated carbocycles. The van der Waals surface area contributed by atoms with Crippen molar-refractivity contribution in [2.75, 3.05) is 7.11 Å². The Hall–Kier alpha value is -1.48. The van der Waals surface area contributed by atoms with Crippen molar-refractivity contribution in [3.63, 3.8) is 0 Å². The van der Waals surface area contributed by atoms with Gasteiger partial charge in [-0.2, -0.15) is 0 Å². The molecule has 3 rings (SSSR count). The predicted molar refractivity (Wildman–Crippen MR) is 89.7 cm³/mol. The molecule has 0 spiro atoms. The number of rotatable bonds is 5. The van der Waals surface area contributed by atoms with Gasteiger partial charge in [0.2, 0.25) is 0 Å². The van der Waals surface area contributed by atoms with E-state index in [1.54, 1.807) is 14.0 Å². The number of H-pyrrole nitrogens is 1. The summed E-state index contributed by atoms with van der Waals surface area (Å²) >= 11 is 0. The Morgan fingerprint density at radius 3 is 2.60 bits per heavy atom. The maximum atomic E-state index is 12.3. The Morgan fingerprint density at radius 2 is 2.00 bits per heavy atom. The molecule has 2 fully saturated rings. The van der Waals surface area contributed by atoms with Crippen molar-refractivity contribution >= 4 is 0 Å². The highest BCUT2D eigenvalue weighted by atomic mass is 16.7. The van der Waals surface area contributed by atoms with Gasteiger partial charge in [0.1, 0.15) is 12.2 Å². The quantitative estimate of drug-likeness (QED) is 0.838. The van der Waals surface area contributed by atoms with E-state index in [4.69, 9.17) is 18.9 Å². The average Bonchev–Trinajstić information content (AvgIpc) is 2.99. The molecule has 0 aliphatic carbocycles. The molecule has 1 aromatic heterocycles. The van der Waals surface area contributed by atoms with Gasteiger partial charge in [0.05, 0.1) is 18.3 Å². The third-order valence-corrected chi connectivity index (χ3v) is 5.13.